The van der Waals surface area contributed by atoms with Crippen molar-refractivity contribution >= 4 is 29.8 Å². The van der Waals surface area contributed by atoms with Crippen LogP contribution in [-0.2, 0) is 16.6 Å². The molecule has 2 atom stereocenters. The van der Waals surface area contributed by atoms with E-state index in [2.05, 4.69) is 16.5 Å². The Balaban J connectivity index is 0.000000398. The lowest BCUT2D eigenvalue weighted by molar-refractivity contribution is -0.123. The number of benzene rings is 2. The highest BCUT2D eigenvalue weighted by atomic mass is 35.5. The Hall–Kier alpha value is -4.20. The predicted octanol–water partition coefficient (Wildman–Crippen LogP) is 3.48. The summed E-state index contributed by atoms with van der Waals surface area (Å²) in [5.74, 6) is 1.11. The minimum atomic E-state index is -0.417. The summed E-state index contributed by atoms with van der Waals surface area (Å²) in [6.45, 7) is 6.15. The Labute approximate surface area is 238 Å². The molecule has 0 aliphatic carbocycles. The summed E-state index contributed by atoms with van der Waals surface area (Å²) in [4.78, 5) is 31.4. The number of aryl methyl sites for hydroxylation is 1. The minimum Gasteiger partial charge on any atom is -0.490 e. The van der Waals surface area contributed by atoms with E-state index in [0.29, 0.717) is 34.3 Å². The standard InChI is InChI=1S/C24H22ClN5O2.C5H10N2O/c1-15(2)32-21-12-16(13-26)4-9-19(21)24-27-22(20-10-11-29(3)28-20)23(30(24)14-31)17-5-7-18(25)8-6-17;1-7-3-2-6-5(8)4-7/h4-12,14-15,22-23H,1-3H3;2-4H2,1H3,(H,6,8). The number of nitriles is 1. The maximum atomic E-state index is 12.4. The quantitative estimate of drug-likeness (QED) is 0.461. The average molecular weight is 562 g/mol. The first kappa shape index (κ1) is 28.8. The SMILES string of the molecule is CC(C)Oc1cc(C#N)ccc1C1=NC(c2ccn(C)n2)C(c2ccc(Cl)cc2)N1C=O.CN1CCNC(=O)C1. The van der Waals surface area contributed by atoms with Gasteiger partial charge in [0.15, 0.2) is 0 Å². The monoisotopic (exact) mass is 561 g/mol. The van der Waals surface area contributed by atoms with E-state index in [1.807, 2.05) is 57.2 Å². The molecule has 2 aliphatic heterocycles. The largest absolute Gasteiger partial charge is 0.490 e. The molecule has 10 nitrogen and oxygen atoms in total. The van der Waals surface area contributed by atoms with Gasteiger partial charge in [-0.2, -0.15) is 10.4 Å². The second kappa shape index (κ2) is 12.8. The molecule has 2 aliphatic rings. The average Bonchev–Trinajstić information content (AvgIpc) is 3.52. The van der Waals surface area contributed by atoms with Crippen molar-refractivity contribution in [2.45, 2.75) is 32.0 Å². The molecule has 5 rings (SSSR count). The third kappa shape index (κ3) is 6.68. The van der Waals surface area contributed by atoms with Crippen molar-refractivity contribution in [3.05, 3.63) is 82.1 Å². The number of nitrogens with zero attached hydrogens (tertiary/aromatic N) is 6. The van der Waals surface area contributed by atoms with Gasteiger partial charge in [0.1, 0.15) is 17.6 Å². The van der Waals surface area contributed by atoms with Gasteiger partial charge >= 0.3 is 0 Å². The highest BCUT2D eigenvalue weighted by Crippen LogP contribution is 2.43. The van der Waals surface area contributed by atoms with Crippen molar-refractivity contribution in [3.8, 4) is 11.8 Å². The van der Waals surface area contributed by atoms with Crippen LogP contribution in [0.4, 0.5) is 0 Å². The summed E-state index contributed by atoms with van der Waals surface area (Å²) in [7, 11) is 3.78. The second-order valence-corrected chi connectivity index (χ2v) is 10.3. The van der Waals surface area contributed by atoms with E-state index in [9.17, 15) is 14.9 Å². The van der Waals surface area contributed by atoms with Gasteiger partial charge in [-0.15, -0.1) is 0 Å². The van der Waals surface area contributed by atoms with Gasteiger partial charge in [0.2, 0.25) is 12.3 Å². The number of piperazine rings is 1. The molecule has 1 saturated heterocycles. The van der Waals surface area contributed by atoms with Gasteiger partial charge in [-0.1, -0.05) is 23.7 Å². The fraction of sp³-hybridized carbons (Fsp3) is 0.345. The van der Waals surface area contributed by atoms with Crippen LogP contribution >= 0.6 is 11.6 Å². The number of likely N-dealkylation sites (N-methyl/N-ethyl adjacent to an activating group) is 1. The van der Waals surface area contributed by atoms with Gasteiger partial charge in [0.25, 0.3) is 0 Å². The molecule has 2 amide bonds. The lowest BCUT2D eigenvalue weighted by Gasteiger charge is -2.26. The van der Waals surface area contributed by atoms with E-state index in [1.54, 1.807) is 39.9 Å². The number of carbonyl (C=O) groups is 2. The van der Waals surface area contributed by atoms with E-state index in [-0.39, 0.29) is 12.0 Å². The number of aromatic nitrogens is 2. The number of hydrogen-bond donors (Lipinski definition) is 1. The molecule has 2 unspecified atom stereocenters. The number of halogens is 1. The first-order chi connectivity index (χ1) is 19.2. The number of aliphatic imine (C=N–C) groups is 1. The van der Waals surface area contributed by atoms with Crippen LogP contribution in [-0.4, -0.2) is 70.5 Å². The molecule has 40 heavy (non-hydrogen) atoms. The Morgan fingerprint density at radius 3 is 2.48 bits per heavy atom. The summed E-state index contributed by atoms with van der Waals surface area (Å²) in [6, 6.07) is 15.7. The lowest BCUT2D eigenvalue weighted by Crippen LogP contribution is -2.45. The molecule has 0 radical (unpaired) electrons. The number of carbonyl (C=O) groups excluding carboxylic acids is 2. The number of rotatable bonds is 6. The highest BCUT2D eigenvalue weighted by molar-refractivity contribution is 6.30. The van der Waals surface area contributed by atoms with E-state index in [1.165, 1.54) is 0 Å². The van der Waals surface area contributed by atoms with Crippen LogP contribution in [0.3, 0.4) is 0 Å². The third-order valence-corrected chi connectivity index (χ3v) is 6.66. The Morgan fingerprint density at radius 1 is 1.18 bits per heavy atom. The van der Waals surface area contributed by atoms with E-state index in [4.69, 9.17) is 21.3 Å². The van der Waals surface area contributed by atoms with E-state index < -0.39 is 12.1 Å². The van der Waals surface area contributed by atoms with Crippen LogP contribution in [0.2, 0.25) is 5.02 Å². The first-order valence-electron chi connectivity index (χ1n) is 12.9. The molecular formula is C29H32ClN7O3. The minimum absolute atomic E-state index is 0.118. The number of ether oxygens (including phenoxy) is 1. The molecule has 1 fully saturated rings. The number of nitrogens with one attached hydrogen (secondary N) is 1. The maximum absolute atomic E-state index is 12.4. The van der Waals surface area contributed by atoms with Gasteiger partial charge in [-0.3, -0.25) is 29.1 Å². The molecule has 3 aromatic rings. The van der Waals surface area contributed by atoms with E-state index in [0.717, 1.165) is 30.8 Å². The maximum Gasteiger partial charge on any atom is 0.234 e. The van der Waals surface area contributed by atoms with Gasteiger partial charge < -0.3 is 10.1 Å². The summed E-state index contributed by atoms with van der Waals surface area (Å²) >= 11 is 6.10. The zero-order valence-corrected chi connectivity index (χ0v) is 23.7. The summed E-state index contributed by atoms with van der Waals surface area (Å²) < 4.78 is 7.69. The van der Waals surface area contributed by atoms with Gasteiger partial charge in [0.05, 0.1) is 41.6 Å². The van der Waals surface area contributed by atoms with Crippen LogP contribution in [0.15, 0.2) is 59.7 Å². The molecule has 208 valence electrons. The highest BCUT2D eigenvalue weighted by Gasteiger charge is 2.40. The number of hydrogen-bond acceptors (Lipinski definition) is 7. The Kier molecular flexibility index (Phi) is 9.19. The molecular weight excluding hydrogens is 530 g/mol. The fourth-order valence-corrected chi connectivity index (χ4v) is 4.72. The first-order valence-corrected chi connectivity index (χ1v) is 13.3. The molecule has 2 aromatic carbocycles. The van der Waals surface area contributed by atoms with Crippen LogP contribution < -0.4 is 10.1 Å². The van der Waals surface area contributed by atoms with Gasteiger partial charge in [-0.25, -0.2) is 0 Å². The summed E-state index contributed by atoms with van der Waals surface area (Å²) in [5, 5.41) is 17.2. The van der Waals surface area contributed by atoms with Gasteiger partial charge in [0, 0.05) is 31.4 Å². The Morgan fingerprint density at radius 2 is 1.93 bits per heavy atom. The second-order valence-electron chi connectivity index (χ2n) is 9.90. The zero-order chi connectivity index (χ0) is 28.8. The van der Waals surface area contributed by atoms with Crippen molar-refractivity contribution in [1.82, 2.24) is 24.9 Å². The summed E-state index contributed by atoms with van der Waals surface area (Å²) in [5.41, 5.74) is 2.74. The molecule has 1 N–H and O–H groups in total. The normalized spacial score (nSPS) is 18.9. The van der Waals surface area contributed by atoms with Crippen LogP contribution in [0.5, 0.6) is 5.75 Å². The molecule has 1 aromatic heterocycles. The number of amides is 2. The molecule has 11 heteroatoms. The van der Waals surface area contributed by atoms with Gasteiger partial charge in [-0.05, 0) is 62.9 Å². The zero-order valence-electron chi connectivity index (χ0n) is 22.9. The topological polar surface area (TPSA) is 116 Å². The summed E-state index contributed by atoms with van der Waals surface area (Å²) in [6.07, 6.45) is 2.51. The van der Waals surface area contributed by atoms with Crippen molar-refractivity contribution < 1.29 is 14.3 Å². The van der Waals surface area contributed by atoms with Crippen molar-refractivity contribution in [2.75, 3.05) is 26.7 Å². The van der Waals surface area contributed by atoms with Crippen LogP contribution in [0.1, 0.15) is 48.3 Å². The lowest BCUT2D eigenvalue weighted by atomic mass is 9.97. The number of amidine groups is 1. The predicted molar refractivity (Wildman–Crippen MR) is 152 cm³/mol. The molecule has 0 saturated carbocycles. The molecule has 0 bridgehead atoms. The van der Waals surface area contributed by atoms with Crippen molar-refractivity contribution in [2.24, 2.45) is 12.0 Å². The molecule has 3 heterocycles. The molecule has 0 spiro atoms. The third-order valence-electron chi connectivity index (χ3n) is 6.41. The van der Waals surface area contributed by atoms with Crippen LogP contribution in [0.25, 0.3) is 0 Å². The smallest absolute Gasteiger partial charge is 0.234 e. The van der Waals surface area contributed by atoms with E-state index >= 15 is 0 Å². The fourth-order valence-electron chi connectivity index (χ4n) is 4.59. The van der Waals surface area contributed by atoms with Crippen LogP contribution in [0, 0.1) is 11.3 Å². The van der Waals surface area contributed by atoms with Crippen molar-refractivity contribution in [1.29, 1.82) is 5.26 Å². The van der Waals surface area contributed by atoms with Crippen molar-refractivity contribution in [3.63, 3.8) is 0 Å². The Bertz CT molecular complexity index is 1430.